The summed E-state index contributed by atoms with van der Waals surface area (Å²) in [6.07, 6.45) is 6.00. The van der Waals surface area contributed by atoms with Crippen molar-refractivity contribution in [1.29, 1.82) is 0 Å². The Hall–Kier alpha value is -1.46. The Bertz CT molecular complexity index is 328. The van der Waals surface area contributed by atoms with Gasteiger partial charge in [0.25, 0.3) is 0 Å². The molecular formula is C11H11NO. The summed E-state index contributed by atoms with van der Waals surface area (Å²) in [5.41, 5.74) is 6.89. The molecule has 2 atom stereocenters. The lowest BCUT2D eigenvalue weighted by Gasteiger charge is -2.12. The second-order valence-electron chi connectivity index (χ2n) is 3.16. The van der Waals surface area contributed by atoms with E-state index < -0.39 is 0 Å². The van der Waals surface area contributed by atoms with E-state index in [1.807, 2.05) is 24.3 Å². The van der Waals surface area contributed by atoms with E-state index in [0.717, 1.165) is 12.2 Å². The molecular weight excluding hydrogens is 162 g/mol. The lowest BCUT2D eigenvalue weighted by Crippen LogP contribution is -2.36. The SMILES string of the molecule is C#CC(N)C1Cc2ccccc2O1. The van der Waals surface area contributed by atoms with E-state index in [0.29, 0.717) is 0 Å². The van der Waals surface area contributed by atoms with E-state index in [9.17, 15) is 0 Å². The molecule has 0 radical (unpaired) electrons. The van der Waals surface area contributed by atoms with Crippen molar-refractivity contribution in [2.45, 2.75) is 18.6 Å². The summed E-state index contributed by atoms with van der Waals surface area (Å²) in [6.45, 7) is 0. The Morgan fingerprint density at radius 3 is 3.00 bits per heavy atom. The van der Waals surface area contributed by atoms with Crippen LogP contribution in [-0.4, -0.2) is 12.1 Å². The molecule has 2 rings (SSSR count). The van der Waals surface area contributed by atoms with E-state index in [2.05, 4.69) is 5.92 Å². The van der Waals surface area contributed by atoms with Gasteiger partial charge < -0.3 is 10.5 Å². The third-order valence-electron chi connectivity index (χ3n) is 2.27. The summed E-state index contributed by atoms with van der Waals surface area (Å²) in [5, 5.41) is 0. The van der Waals surface area contributed by atoms with Crippen molar-refractivity contribution in [1.82, 2.24) is 0 Å². The fourth-order valence-electron chi connectivity index (χ4n) is 1.52. The highest BCUT2D eigenvalue weighted by Gasteiger charge is 2.26. The summed E-state index contributed by atoms with van der Waals surface area (Å²) in [4.78, 5) is 0. The first-order chi connectivity index (χ1) is 6.31. The van der Waals surface area contributed by atoms with Crippen molar-refractivity contribution in [3.8, 4) is 18.1 Å². The van der Waals surface area contributed by atoms with Gasteiger partial charge in [0.15, 0.2) is 0 Å². The number of terminal acetylenes is 1. The van der Waals surface area contributed by atoms with Gasteiger partial charge in [0.1, 0.15) is 17.9 Å². The fourth-order valence-corrected chi connectivity index (χ4v) is 1.52. The Balaban J connectivity index is 2.19. The van der Waals surface area contributed by atoms with Crippen molar-refractivity contribution < 1.29 is 4.74 Å². The minimum absolute atomic E-state index is 0.0533. The van der Waals surface area contributed by atoms with E-state index in [-0.39, 0.29) is 12.1 Å². The molecule has 0 bridgehead atoms. The minimum atomic E-state index is -0.313. The summed E-state index contributed by atoms with van der Waals surface area (Å²) in [5.74, 6) is 3.41. The van der Waals surface area contributed by atoms with Gasteiger partial charge in [-0.05, 0) is 11.6 Å². The van der Waals surface area contributed by atoms with Gasteiger partial charge in [-0.1, -0.05) is 24.1 Å². The number of para-hydroxylation sites is 1. The molecule has 1 heterocycles. The monoisotopic (exact) mass is 173 g/mol. The molecule has 0 aromatic heterocycles. The van der Waals surface area contributed by atoms with Gasteiger partial charge in [-0.15, -0.1) is 6.42 Å². The molecule has 0 saturated carbocycles. The second kappa shape index (κ2) is 3.12. The first-order valence-electron chi connectivity index (χ1n) is 4.27. The smallest absolute Gasteiger partial charge is 0.129 e. The number of ether oxygens (including phenoxy) is 1. The molecule has 66 valence electrons. The second-order valence-corrected chi connectivity index (χ2v) is 3.16. The van der Waals surface area contributed by atoms with Crippen molar-refractivity contribution in [3.63, 3.8) is 0 Å². The number of fused-ring (bicyclic) bond motifs is 1. The maximum Gasteiger partial charge on any atom is 0.129 e. The van der Waals surface area contributed by atoms with Crippen LogP contribution in [-0.2, 0) is 6.42 Å². The predicted octanol–water partition coefficient (Wildman–Crippen LogP) is 0.951. The average molecular weight is 173 g/mol. The van der Waals surface area contributed by atoms with Crippen LogP contribution < -0.4 is 10.5 Å². The molecule has 2 unspecified atom stereocenters. The van der Waals surface area contributed by atoms with Crippen molar-refractivity contribution >= 4 is 0 Å². The molecule has 0 spiro atoms. The van der Waals surface area contributed by atoms with Crippen LogP contribution in [0.25, 0.3) is 0 Å². The third kappa shape index (κ3) is 1.39. The molecule has 0 amide bonds. The zero-order valence-corrected chi connectivity index (χ0v) is 7.23. The standard InChI is InChI=1S/C11H11NO/c1-2-9(12)11-7-8-5-3-4-6-10(8)13-11/h1,3-6,9,11H,7,12H2. The molecule has 13 heavy (non-hydrogen) atoms. The Labute approximate surface area is 77.7 Å². The lowest BCUT2D eigenvalue weighted by atomic mass is 10.1. The van der Waals surface area contributed by atoms with Crippen LogP contribution in [0.5, 0.6) is 5.75 Å². The van der Waals surface area contributed by atoms with Gasteiger partial charge in [-0.2, -0.15) is 0 Å². The van der Waals surface area contributed by atoms with Crippen LogP contribution in [0, 0.1) is 12.3 Å². The van der Waals surface area contributed by atoms with E-state index in [1.54, 1.807) is 0 Å². The van der Waals surface area contributed by atoms with Gasteiger partial charge >= 0.3 is 0 Å². The maximum absolute atomic E-state index is 5.70. The van der Waals surface area contributed by atoms with Crippen LogP contribution in [0.1, 0.15) is 5.56 Å². The summed E-state index contributed by atoms with van der Waals surface area (Å²) >= 11 is 0. The number of benzene rings is 1. The topological polar surface area (TPSA) is 35.2 Å². The largest absolute Gasteiger partial charge is 0.487 e. The summed E-state index contributed by atoms with van der Waals surface area (Å²) < 4.78 is 5.59. The first kappa shape index (κ1) is 8.15. The maximum atomic E-state index is 5.70. The molecule has 2 nitrogen and oxygen atoms in total. The Morgan fingerprint density at radius 1 is 1.54 bits per heavy atom. The number of hydrogen-bond acceptors (Lipinski definition) is 2. The Morgan fingerprint density at radius 2 is 2.31 bits per heavy atom. The summed E-state index contributed by atoms with van der Waals surface area (Å²) in [6, 6.07) is 7.61. The van der Waals surface area contributed by atoms with Crippen molar-refractivity contribution in [2.24, 2.45) is 5.73 Å². The molecule has 1 aliphatic heterocycles. The highest BCUT2D eigenvalue weighted by atomic mass is 16.5. The van der Waals surface area contributed by atoms with Gasteiger partial charge in [0.2, 0.25) is 0 Å². The quantitative estimate of drug-likeness (QED) is 0.642. The molecule has 1 aliphatic rings. The fraction of sp³-hybridized carbons (Fsp3) is 0.273. The van der Waals surface area contributed by atoms with Crippen LogP contribution >= 0.6 is 0 Å². The first-order valence-corrected chi connectivity index (χ1v) is 4.27. The van der Waals surface area contributed by atoms with Gasteiger partial charge in [0, 0.05) is 6.42 Å². The van der Waals surface area contributed by atoms with Gasteiger partial charge in [0.05, 0.1) is 0 Å². The molecule has 0 saturated heterocycles. The number of hydrogen-bond donors (Lipinski definition) is 1. The van der Waals surface area contributed by atoms with Gasteiger partial charge in [-0.3, -0.25) is 0 Å². The molecule has 1 aromatic rings. The van der Waals surface area contributed by atoms with Crippen molar-refractivity contribution in [3.05, 3.63) is 29.8 Å². The van der Waals surface area contributed by atoms with Gasteiger partial charge in [-0.25, -0.2) is 0 Å². The summed E-state index contributed by atoms with van der Waals surface area (Å²) in [7, 11) is 0. The van der Waals surface area contributed by atoms with Crippen LogP contribution in [0.3, 0.4) is 0 Å². The highest BCUT2D eigenvalue weighted by molar-refractivity contribution is 5.38. The normalized spacial score (nSPS) is 21.4. The number of nitrogens with two attached hydrogens (primary N) is 1. The minimum Gasteiger partial charge on any atom is -0.487 e. The van der Waals surface area contributed by atoms with Crippen LogP contribution in [0.4, 0.5) is 0 Å². The predicted molar refractivity (Wildman–Crippen MR) is 51.4 cm³/mol. The molecule has 1 aromatic carbocycles. The van der Waals surface area contributed by atoms with E-state index in [4.69, 9.17) is 16.9 Å². The average Bonchev–Trinajstić information content (AvgIpc) is 2.59. The van der Waals surface area contributed by atoms with Crippen LogP contribution in [0.2, 0.25) is 0 Å². The van der Waals surface area contributed by atoms with Crippen molar-refractivity contribution in [2.75, 3.05) is 0 Å². The van der Waals surface area contributed by atoms with E-state index >= 15 is 0 Å². The third-order valence-corrected chi connectivity index (χ3v) is 2.27. The zero-order chi connectivity index (χ0) is 9.26. The Kier molecular flexibility index (Phi) is 1.96. The molecule has 2 N–H and O–H groups in total. The highest BCUT2D eigenvalue weighted by Crippen LogP contribution is 2.28. The lowest BCUT2D eigenvalue weighted by molar-refractivity contribution is 0.220. The molecule has 0 aliphatic carbocycles. The van der Waals surface area contributed by atoms with Crippen LogP contribution in [0.15, 0.2) is 24.3 Å². The zero-order valence-electron chi connectivity index (χ0n) is 7.23. The number of rotatable bonds is 1. The molecule has 2 heteroatoms. The molecule has 0 fully saturated rings. The van der Waals surface area contributed by atoms with E-state index in [1.165, 1.54) is 5.56 Å².